The second kappa shape index (κ2) is 12.9. The number of anilines is 1. The van der Waals surface area contributed by atoms with E-state index in [4.69, 9.17) is 21.7 Å². The van der Waals surface area contributed by atoms with E-state index in [0.717, 1.165) is 24.2 Å². The molecule has 2 saturated heterocycles. The summed E-state index contributed by atoms with van der Waals surface area (Å²) in [7, 11) is 0. The van der Waals surface area contributed by atoms with Gasteiger partial charge in [-0.05, 0) is 52.2 Å². The minimum atomic E-state index is -0.286. The van der Waals surface area contributed by atoms with Gasteiger partial charge in [-0.3, -0.25) is 19.1 Å². The van der Waals surface area contributed by atoms with Gasteiger partial charge >= 0.3 is 0 Å². The fraction of sp³-hybridized carbons (Fsp3) is 0.615. The maximum atomic E-state index is 13.4. The summed E-state index contributed by atoms with van der Waals surface area (Å²) in [6.07, 6.45) is 4.19. The Labute approximate surface area is 223 Å². The lowest BCUT2D eigenvalue weighted by atomic mass is 10.0. The smallest absolute Gasteiger partial charge is 0.270 e. The van der Waals surface area contributed by atoms with Gasteiger partial charge in [0.2, 0.25) is 0 Å². The van der Waals surface area contributed by atoms with Crippen molar-refractivity contribution in [3.63, 3.8) is 0 Å². The molecule has 36 heavy (non-hydrogen) atoms. The predicted octanol–water partition coefficient (Wildman–Crippen LogP) is 4.07. The van der Waals surface area contributed by atoms with Crippen molar-refractivity contribution < 1.29 is 14.3 Å². The van der Waals surface area contributed by atoms with Gasteiger partial charge in [0.05, 0.1) is 17.1 Å². The van der Waals surface area contributed by atoms with E-state index in [0.29, 0.717) is 60.6 Å². The molecular weight excluding hydrogens is 496 g/mol. The number of hydrogen-bond acceptors (Lipinski definition) is 8. The highest BCUT2D eigenvalue weighted by atomic mass is 32.2. The number of thiocarbonyl (C=S) groups is 1. The van der Waals surface area contributed by atoms with Gasteiger partial charge in [-0.1, -0.05) is 37.3 Å². The maximum Gasteiger partial charge on any atom is 0.270 e. The lowest BCUT2D eigenvalue weighted by molar-refractivity contribution is -0.122. The summed E-state index contributed by atoms with van der Waals surface area (Å²) in [4.78, 5) is 31.0. The van der Waals surface area contributed by atoms with Crippen LogP contribution in [0.2, 0.25) is 0 Å². The highest BCUT2D eigenvalue weighted by molar-refractivity contribution is 8.26. The van der Waals surface area contributed by atoms with Gasteiger partial charge in [-0.15, -0.1) is 0 Å². The highest BCUT2D eigenvalue weighted by Crippen LogP contribution is 2.36. The van der Waals surface area contributed by atoms with Crippen LogP contribution < -0.4 is 10.5 Å². The van der Waals surface area contributed by atoms with Crippen molar-refractivity contribution in [3.8, 4) is 6.07 Å². The van der Waals surface area contributed by atoms with Gasteiger partial charge in [0.15, 0.2) is 0 Å². The first-order valence-corrected chi connectivity index (χ1v) is 13.9. The van der Waals surface area contributed by atoms with E-state index in [2.05, 4.69) is 17.9 Å². The number of thioether (sulfide) groups is 1. The largest absolute Gasteiger partial charge is 0.382 e. The molecule has 1 aromatic rings. The third kappa shape index (κ3) is 6.20. The average molecular weight is 533 g/mol. The fourth-order valence-electron chi connectivity index (χ4n) is 4.65. The summed E-state index contributed by atoms with van der Waals surface area (Å²) in [6, 6.07) is 2.11. The Hall–Kier alpha value is -2.19. The van der Waals surface area contributed by atoms with Crippen molar-refractivity contribution >= 4 is 46.1 Å². The first kappa shape index (κ1) is 28.4. The van der Waals surface area contributed by atoms with Gasteiger partial charge in [0.25, 0.3) is 11.5 Å². The van der Waals surface area contributed by atoms with Crippen molar-refractivity contribution in [1.29, 1.82) is 5.26 Å². The number of ether oxygens (including phenoxy) is 2. The number of nitrogens with zero attached hydrogens (tertiary/aromatic N) is 4. The molecule has 3 rings (SSSR count). The van der Waals surface area contributed by atoms with Gasteiger partial charge in [-0.2, -0.15) is 5.26 Å². The zero-order valence-electron chi connectivity index (χ0n) is 21.8. The number of hydrogen-bond donors (Lipinski definition) is 0. The third-order valence-corrected chi connectivity index (χ3v) is 7.70. The molecule has 0 radical (unpaired) electrons. The minimum Gasteiger partial charge on any atom is -0.382 e. The summed E-state index contributed by atoms with van der Waals surface area (Å²) in [5.74, 6) is 0.592. The van der Waals surface area contributed by atoms with E-state index in [1.807, 2.05) is 26.8 Å². The molecule has 3 heterocycles. The molecule has 0 spiro atoms. The van der Waals surface area contributed by atoms with Crippen molar-refractivity contribution in [3.05, 3.63) is 31.9 Å². The molecule has 8 nitrogen and oxygen atoms in total. The van der Waals surface area contributed by atoms with Crippen LogP contribution >= 0.6 is 24.0 Å². The summed E-state index contributed by atoms with van der Waals surface area (Å²) in [6.45, 7) is 13.2. The van der Waals surface area contributed by atoms with Crippen LogP contribution in [0.4, 0.5) is 5.82 Å². The van der Waals surface area contributed by atoms with Crippen molar-refractivity contribution in [2.45, 2.75) is 72.6 Å². The summed E-state index contributed by atoms with van der Waals surface area (Å²) >= 11 is 6.78. The summed E-state index contributed by atoms with van der Waals surface area (Å²) in [5.41, 5.74) is 1.13. The second-order valence-electron chi connectivity index (χ2n) is 9.21. The van der Waals surface area contributed by atoms with Crippen LogP contribution in [0, 0.1) is 18.3 Å². The number of pyridine rings is 1. The number of unbranched alkanes of at least 4 members (excludes halogenated alkanes) is 1. The third-order valence-electron chi connectivity index (χ3n) is 6.32. The molecule has 0 saturated carbocycles. The molecule has 0 N–H and O–H groups in total. The molecule has 1 aromatic heterocycles. The molecular formula is C26H36N4O4S2. The van der Waals surface area contributed by atoms with E-state index in [1.54, 1.807) is 16.4 Å². The molecule has 2 fully saturated rings. The Morgan fingerprint density at radius 1 is 1.19 bits per heavy atom. The van der Waals surface area contributed by atoms with Gasteiger partial charge in [-0.25, -0.2) is 0 Å². The lowest BCUT2D eigenvalue weighted by Gasteiger charge is -2.39. The van der Waals surface area contributed by atoms with Crippen molar-refractivity contribution in [2.75, 3.05) is 37.7 Å². The Balaban J connectivity index is 2.12. The molecule has 2 aliphatic heterocycles. The first-order valence-electron chi connectivity index (χ1n) is 12.6. The van der Waals surface area contributed by atoms with Crippen LogP contribution in [0.15, 0.2) is 9.70 Å². The Morgan fingerprint density at radius 2 is 1.89 bits per heavy atom. The van der Waals surface area contributed by atoms with Crippen LogP contribution in [0.5, 0.6) is 0 Å². The molecule has 0 bridgehead atoms. The van der Waals surface area contributed by atoms with Crippen LogP contribution in [0.3, 0.4) is 0 Å². The van der Waals surface area contributed by atoms with Crippen LogP contribution in [-0.2, 0) is 20.8 Å². The zero-order valence-corrected chi connectivity index (χ0v) is 23.5. The number of aromatic nitrogens is 1. The Kier molecular flexibility index (Phi) is 10.1. The summed E-state index contributed by atoms with van der Waals surface area (Å²) in [5, 5.41) is 9.87. The lowest BCUT2D eigenvalue weighted by Crippen LogP contribution is -2.48. The van der Waals surface area contributed by atoms with E-state index in [1.165, 1.54) is 11.8 Å². The number of nitriles is 1. The van der Waals surface area contributed by atoms with Crippen molar-refractivity contribution in [2.24, 2.45) is 0 Å². The zero-order chi connectivity index (χ0) is 26.4. The van der Waals surface area contributed by atoms with E-state index >= 15 is 0 Å². The quantitative estimate of drug-likeness (QED) is 0.253. The highest BCUT2D eigenvalue weighted by Gasteiger charge is 2.34. The fourth-order valence-corrected chi connectivity index (χ4v) is 5.94. The molecule has 196 valence electrons. The molecule has 0 aliphatic carbocycles. The van der Waals surface area contributed by atoms with Crippen LogP contribution in [0.25, 0.3) is 6.08 Å². The number of rotatable bonds is 10. The minimum absolute atomic E-state index is 0.0178. The maximum absolute atomic E-state index is 13.4. The molecule has 1 amide bonds. The normalized spacial score (nSPS) is 21.5. The van der Waals surface area contributed by atoms with E-state index in [-0.39, 0.29) is 29.2 Å². The Morgan fingerprint density at radius 3 is 2.50 bits per heavy atom. The van der Waals surface area contributed by atoms with E-state index in [9.17, 15) is 14.9 Å². The van der Waals surface area contributed by atoms with Gasteiger partial charge < -0.3 is 14.4 Å². The molecule has 2 atom stereocenters. The Bertz CT molecular complexity index is 1110. The monoisotopic (exact) mass is 532 g/mol. The standard InChI is InChI=1S/C26H36N4O4S2/c1-6-8-10-29-23(28-15-17(3)34-18(4)16-28)20(19(5)21(14-27)24(29)31)13-22-25(32)30(26(35)36-22)11-9-12-33-7-2/h13,17-18H,6-12,15-16H2,1-5H3. The van der Waals surface area contributed by atoms with Crippen LogP contribution in [0.1, 0.15) is 63.6 Å². The SMILES string of the molecule is CCCCn1c(N2CC(C)OC(C)C2)c(C=C2SC(=S)N(CCCOCC)C2=O)c(C)c(C#N)c1=O. The number of carbonyl (C=O) groups is 1. The molecule has 2 unspecified atom stereocenters. The number of amides is 1. The van der Waals surface area contributed by atoms with Gasteiger partial charge in [0.1, 0.15) is 21.8 Å². The summed E-state index contributed by atoms with van der Waals surface area (Å²) < 4.78 is 13.6. The number of carbonyl (C=O) groups excluding carboxylic acids is 1. The van der Waals surface area contributed by atoms with Crippen LogP contribution in [-0.4, -0.2) is 64.8 Å². The predicted molar refractivity (Wildman–Crippen MR) is 148 cm³/mol. The topological polar surface area (TPSA) is 87.8 Å². The average Bonchev–Trinajstić information content (AvgIpc) is 3.09. The first-order chi connectivity index (χ1) is 17.2. The molecule has 10 heteroatoms. The second-order valence-corrected chi connectivity index (χ2v) is 10.9. The molecule has 2 aliphatic rings. The van der Waals surface area contributed by atoms with Crippen molar-refractivity contribution in [1.82, 2.24) is 9.47 Å². The van der Waals surface area contributed by atoms with Gasteiger partial charge in [0, 0.05) is 45.0 Å². The molecule has 0 aromatic carbocycles. The van der Waals surface area contributed by atoms with E-state index < -0.39 is 0 Å². The number of morpholine rings is 1.